The van der Waals surface area contributed by atoms with Gasteiger partial charge >= 0.3 is 0 Å². The monoisotopic (exact) mass is 255 g/mol. The molecule has 94 valence electrons. The molecule has 0 fully saturated rings. The Morgan fingerprint density at radius 1 is 1.41 bits per heavy atom. The van der Waals surface area contributed by atoms with E-state index in [2.05, 4.69) is 11.9 Å². The van der Waals surface area contributed by atoms with Crippen LogP contribution in [0.2, 0.25) is 0 Å². The molecule has 0 amide bonds. The average Bonchev–Trinajstić information content (AvgIpc) is 2.30. The van der Waals surface area contributed by atoms with Gasteiger partial charge in [0.2, 0.25) is 0 Å². The number of hydrogen-bond donors (Lipinski definition) is 2. The molecule has 3 nitrogen and oxygen atoms in total. The first-order valence-corrected chi connectivity index (χ1v) is 5.90. The number of hydrogen-bond acceptors (Lipinski definition) is 3. The molecule has 2 N–H and O–H groups in total. The third-order valence-corrected chi connectivity index (χ3v) is 2.25. The quantitative estimate of drug-likeness (QED) is 0.746. The number of rotatable bonds is 8. The van der Waals surface area contributed by atoms with Crippen LogP contribution in [0.15, 0.2) is 41.9 Å². The highest BCUT2D eigenvalue weighted by Gasteiger charge is 2.03. The molecule has 0 saturated carbocycles. The Morgan fingerprint density at radius 3 is 2.76 bits per heavy atom. The number of nitrogens with one attached hydrogen (secondary N) is 1. The van der Waals surface area contributed by atoms with Crippen molar-refractivity contribution in [2.45, 2.75) is 12.7 Å². The zero-order valence-electron chi connectivity index (χ0n) is 9.73. The summed E-state index contributed by atoms with van der Waals surface area (Å²) in [4.78, 5) is 0. The van der Waals surface area contributed by atoms with Crippen molar-refractivity contribution < 1.29 is 9.84 Å². The van der Waals surface area contributed by atoms with E-state index in [0.717, 1.165) is 5.56 Å². The number of ether oxygens (including phenoxy) is 1. The summed E-state index contributed by atoms with van der Waals surface area (Å²) in [5.74, 6) is 0. The van der Waals surface area contributed by atoms with E-state index >= 15 is 0 Å². The number of aliphatic hydroxyl groups is 1. The molecule has 0 heterocycles. The molecule has 0 saturated heterocycles. The van der Waals surface area contributed by atoms with Crippen LogP contribution in [0, 0.1) is 0 Å². The Hall–Kier alpha value is -0.870. The second-order valence-corrected chi connectivity index (χ2v) is 4.34. The Labute approximate surface area is 107 Å². The van der Waals surface area contributed by atoms with Gasteiger partial charge in [0, 0.05) is 18.1 Å². The van der Waals surface area contributed by atoms with E-state index in [4.69, 9.17) is 16.3 Å². The predicted octanol–water partition coefficient (Wildman–Crippen LogP) is 1.91. The molecule has 1 rings (SSSR count). The van der Waals surface area contributed by atoms with Gasteiger partial charge in [-0.15, -0.1) is 0 Å². The van der Waals surface area contributed by atoms with Crippen LogP contribution in [0.1, 0.15) is 5.56 Å². The van der Waals surface area contributed by atoms with Crippen LogP contribution in [0.4, 0.5) is 0 Å². The van der Waals surface area contributed by atoms with Crippen molar-refractivity contribution in [2.75, 3.05) is 19.7 Å². The molecule has 1 atom stereocenters. The van der Waals surface area contributed by atoms with Crippen molar-refractivity contribution in [3.8, 4) is 0 Å². The Morgan fingerprint density at radius 2 is 2.12 bits per heavy atom. The van der Waals surface area contributed by atoms with Crippen molar-refractivity contribution in [1.29, 1.82) is 0 Å². The van der Waals surface area contributed by atoms with Gasteiger partial charge in [0.1, 0.15) is 0 Å². The molecule has 0 bridgehead atoms. The third-order valence-electron chi connectivity index (χ3n) is 2.12. The lowest BCUT2D eigenvalue weighted by Crippen LogP contribution is -2.31. The summed E-state index contributed by atoms with van der Waals surface area (Å²) in [7, 11) is 0. The fraction of sp³-hybridized carbons (Fsp3) is 0.385. The van der Waals surface area contributed by atoms with Crippen LogP contribution in [0.25, 0.3) is 0 Å². The van der Waals surface area contributed by atoms with Crippen molar-refractivity contribution in [1.82, 2.24) is 5.32 Å². The first-order valence-electron chi connectivity index (χ1n) is 5.52. The minimum absolute atomic E-state index is 0.302. The van der Waals surface area contributed by atoms with Crippen molar-refractivity contribution in [2.24, 2.45) is 0 Å². The lowest BCUT2D eigenvalue weighted by molar-refractivity contribution is 0.0293. The van der Waals surface area contributed by atoms with Crippen molar-refractivity contribution in [3.63, 3.8) is 0 Å². The molecule has 0 aliphatic heterocycles. The molecule has 1 aromatic carbocycles. The fourth-order valence-corrected chi connectivity index (χ4v) is 1.41. The zero-order chi connectivity index (χ0) is 12.5. The number of benzene rings is 1. The molecular formula is C13H18ClNO2. The second-order valence-electron chi connectivity index (χ2n) is 3.80. The molecule has 17 heavy (non-hydrogen) atoms. The van der Waals surface area contributed by atoms with E-state index in [1.807, 2.05) is 30.3 Å². The summed E-state index contributed by atoms with van der Waals surface area (Å²) >= 11 is 5.58. The SMILES string of the molecule is C=C(Cl)CNCC(O)COCc1ccccc1. The van der Waals surface area contributed by atoms with Crippen LogP contribution in [0.3, 0.4) is 0 Å². The lowest BCUT2D eigenvalue weighted by Gasteiger charge is -2.12. The molecule has 4 heteroatoms. The fourth-order valence-electron chi connectivity index (χ4n) is 1.32. The maximum Gasteiger partial charge on any atom is 0.0897 e. The van der Waals surface area contributed by atoms with Gasteiger partial charge < -0.3 is 15.2 Å². The normalized spacial score (nSPS) is 12.4. The Balaban J connectivity index is 2.08. The van der Waals surface area contributed by atoms with Crippen LogP contribution in [-0.4, -0.2) is 30.9 Å². The highest BCUT2D eigenvalue weighted by Crippen LogP contribution is 2.00. The number of halogens is 1. The van der Waals surface area contributed by atoms with E-state index in [1.165, 1.54) is 0 Å². The van der Waals surface area contributed by atoms with E-state index in [9.17, 15) is 5.11 Å². The van der Waals surface area contributed by atoms with Crippen LogP contribution in [-0.2, 0) is 11.3 Å². The summed E-state index contributed by atoms with van der Waals surface area (Å²) in [6.45, 7) is 5.30. The Bertz CT molecular complexity index is 329. The van der Waals surface area contributed by atoms with E-state index in [0.29, 0.717) is 31.3 Å². The van der Waals surface area contributed by atoms with E-state index in [-0.39, 0.29) is 0 Å². The van der Waals surface area contributed by atoms with Crippen molar-refractivity contribution >= 4 is 11.6 Å². The smallest absolute Gasteiger partial charge is 0.0897 e. The molecular weight excluding hydrogens is 238 g/mol. The standard InChI is InChI=1S/C13H18ClNO2/c1-11(14)7-15-8-13(16)10-17-9-12-5-3-2-4-6-12/h2-6,13,15-16H,1,7-10H2. The summed E-state index contributed by atoms with van der Waals surface area (Å²) in [6, 6.07) is 9.86. The summed E-state index contributed by atoms with van der Waals surface area (Å²) in [6.07, 6.45) is -0.533. The van der Waals surface area contributed by atoms with Gasteiger partial charge in [-0.25, -0.2) is 0 Å². The summed E-state index contributed by atoms with van der Waals surface area (Å²) in [5, 5.41) is 13.1. The van der Waals surface area contributed by atoms with Gasteiger partial charge in [-0.2, -0.15) is 0 Å². The number of aliphatic hydroxyl groups excluding tert-OH is 1. The van der Waals surface area contributed by atoms with Gasteiger partial charge in [-0.1, -0.05) is 48.5 Å². The van der Waals surface area contributed by atoms with Crippen LogP contribution < -0.4 is 5.32 Å². The lowest BCUT2D eigenvalue weighted by atomic mass is 10.2. The first-order chi connectivity index (χ1) is 8.18. The van der Waals surface area contributed by atoms with Crippen molar-refractivity contribution in [3.05, 3.63) is 47.5 Å². The zero-order valence-corrected chi connectivity index (χ0v) is 10.5. The summed E-state index contributed by atoms with van der Waals surface area (Å²) < 4.78 is 5.39. The third kappa shape index (κ3) is 7.13. The maximum absolute atomic E-state index is 9.58. The minimum atomic E-state index is -0.533. The largest absolute Gasteiger partial charge is 0.389 e. The minimum Gasteiger partial charge on any atom is -0.389 e. The van der Waals surface area contributed by atoms with E-state index in [1.54, 1.807) is 0 Å². The van der Waals surface area contributed by atoms with Gasteiger partial charge in [0.15, 0.2) is 0 Å². The molecule has 1 unspecified atom stereocenters. The predicted molar refractivity (Wildman–Crippen MR) is 70.0 cm³/mol. The maximum atomic E-state index is 9.58. The highest BCUT2D eigenvalue weighted by molar-refractivity contribution is 6.29. The molecule has 0 aliphatic rings. The molecule has 0 aromatic heterocycles. The second kappa shape index (κ2) is 8.25. The highest BCUT2D eigenvalue weighted by atomic mass is 35.5. The van der Waals surface area contributed by atoms with Gasteiger partial charge in [-0.3, -0.25) is 0 Å². The molecule has 0 radical (unpaired) electrons. The average molecular weight is 256 g/mol. The van der Waals surface area contributed by atoms with Gasteiger partial charge in [0.05, 0.1) is 19.3 Å². The first kappa shape index (κ1) is 14.2. The van der Waals surface area contributed by atoms with Crippen LogP contribution in [0.5, 0.6) is 0 Å². The molecule has 1 aromatic rings. The molecule has 0 aliphatic carbocycles. The van der Waals surface area contributed by atoms with Gasteiger partial charge in [0.25, 0.3) is 0 Å². The van der Waals surface area contributed by atoms with Gasteiger partial charge in [-0.05, 0) is 5.56 Å². The topological polar surface area (TPSA) is 41.5 Å². The molecule has 0 spiro atoms. The van der Waals surface area contributed by atoms with E-state index < -0.39 is 6.10 Å². The van der Waals surface area contributed by atoms with Crippen LogP contribution >= 0.6 is 11.6 Å². The Kier molecular flexibility index (Phi) is 6.89. The summed E-state index contributed by atoms with van der Waals surface area (Å²) in [5.41, 5.74) is 1.10.